The van der Waals surface area contributed by atoms with Gasteiger partial charge in [-0.3, -0.25) is 0 Å². The standard InChI is InChI=1S/C12H17N3/c1-7(2)12-13-11(10-6-9(10)5)14-15(12)8(3)4/h9-10H,1,3,6H2,2,4-5H3. The van der Waals surface area contributed by atoms with Gasteiger partial charge in [-0.25, -0.2) is 9.67 Å². The van der Waals surface area contributed by atoms with Gasteiger partial charge in [-0.2, -0.15) is 5.10 Å². The molecule has 0 N–H and O–H groups in total. The van der Waals surface area contributed by atoms with Crippen molar-refractivity contribution in [1.82, 2.24) is 14.8 Å². The lowest BCUT2D eigenvalue weighted by Gasteiger charge is -2.02. The molecule has 1 aromatic heterocycles. The third kappa shape index (κ3) is 1.74. The van der Waals surface area contributed by atoms with Gasteiger partial charge in [0.2, 0.25) is 0 Å². The fourth-order valence-electron chi connectivity index (χ4n) is 1.71. The first-order chi connectivity index (χ1) is 7.00. The topological polar surface area (TPSA) is 30.7 Å². The van der Waals surface area contributed by atoms with Crippen molar-refractivity contribution in [1.29, 1.82) is 0 Å². The molecule has 0 bridgehead atoms. The highest BCUT2D eigenvalue weighted by atomic mass is 15.4. The molecule has 0 amide bonds. The minimum Gasteiger partial charge on any atom is -0.218 e. The van der Waals surface area contributed by atoms with Gasteiger partial charge in [-0.05, 0) is 31.8 Å². The molecule has 1 saturated carbocycles. The Kier molecular flexibility index (Phi) is 2.25. The fourth-order valence-corrected chi connectivity index (χ4v) is 1.71. The number of aromatic nitrogens is 3. The van der Waals surface area contributed by atoms with E-state index in [9.17, 15) is 0 Å². The van der Waals surface area contributed by atoms with Crippen LogP contribution in [0, 0.1) is 5.92 Å². The molecule has 1 aromatic rings. The highest BCUT2D eigenvalue weighted by Crippen LogP contribution is 2.45. The quantitative estimate of drug-likeness (QED) is 0.756. The fraction of sp³-hybridized carbons (Fsp3) is 0.500. The highest BCUT2D eigenvalue weighted by molar-refractivity contribution is 5.58. The van der Waals surface area contributed by atoms with Gasteiger partial charge in [0.05, 0.1) is 0 Å². The Morgan fingerprint density at radius 2 is 2.00 bits per heavy atom. The van der Waals surface area contributed by atoms with Crippen molar-refractivity contribution in [2.24, 2.45) is 5.92 Å². The molecule has 2 rings (SSSR count). The van der Waals surface area contributed by atoms with Crippen molar-refractivity contribution < 1.29 is 0 Å². The molecule has 1 fully saturated rings. The van der Waals surface area contributed by atoms with E-state index in [1.54, 1.807) is 4.68 Å². The van der Waals surface area contributed by atoms with Crippen LogP contribution in [0.3, 0.4) is 0 Å². The largest absolute Gasteiger partial charge is 0.218 e. The third-order valence-electron chi connectivity index (χ3n) is 2.81. The van der Waals surface area contributed by atoms with Crippen LogP contribution in [0.5, 0.6) is 0 Å². The highest BCUT2D eigenvalue weighted by Gasteiger charge is 2.38. The number of nitrogens with zero attached hydrogens (tertiary/aromatic N) is 3. The van der Waals surface area contributed by atoms with Crippen LogP contribution in [0.4, 0.5) is 0 Å². The van der Waals surface area contributed by atoms with E-state index in [-0.39, 0.29) is 0 Å². The first kappa shape index (κ1) is 10.1. The van der Waals surface area contributed by atoms with Crippen LogP contribution in [-0.2, 0) is 0 Å². The lowest BCUT2D eigenvalue weighted by atomic mass is 10.3. The van der Waals surface area contributed by atoms with Gasteiger partial charge in [-0.1, -0.05) is 20.1 Å². The van der Waals surface area contributed by atoms with E-state index in [1.807, 2.05) is 13.8 Å². The zero-order valence-electron chi connectivity index (χ0n) is 9.62. The van der Waals surface area contributed by atoms with Crippen LogP contribution in [-0.4, -0.2) is 14.8 Å². The van der Waals surface area contributed by atoms with Gasteiger partial charge >= 0.3 is 0 Å². The summed E-state index contributed by atoms with van der Waals surface area (Å²) in [6.45, 7) is 13.9. The van der Waals surface area contributed by atoms with E-state index >= 15 is 0 Å². The van der Waals surface area contributed by atoms with E-state index < -0.39 is 0 Å². The summed E-state index contributed by atoms with van der Waals surface area (Å²) in [5.41, 5.74) is 1.82. The Bertz CT molecular complexity index is 397. The van der Waals surface area contributed by atoms with Crippen molar-refractivity contribution in [2.75, 3.05) is 0 Å². The van der Waals surface area contributed by atoms with Gasteiger partial charge in [-0.15, -0.1) is 0 Å². The Hall–Kier alpha value is -1.38. The Balaban J connectivity index is 2.40. The summed E-state index contributed by atoms with van der Waals surface area (Å²) in [7, 11) is 0. The van der Waals surface area contributed by atoms with Crippen molar-refractivity contribution in [2.45, 2.75) is 33.1 Å². The van der Waals surface area contributed by atoms with Gasteiger partial charge in [0.25, 0.3) is 0 Å². The normalized spacial score (nSPS) is 23.9. The number of allylic oxidation sites excluding steroid dienone is 2. The first-order valence-electron chi connectivity index (χ1n) is 5.29. The van der Waals surface area contributed by atoms with Crippen LogP contribution in [0.25, 0.3) is 11.3 Å². The van der Waals surface area contributed by atoms with E-state index in [0.29, 0.717) is 5.92 Å². The van der Waals surface area contributed by atoms with E-state index in [0.717, 1.165) is 28.8 Å². The molecule has 1 heterocycles. The number of rotatable bonds is 3. The summed E-state index contributed by atoms with van der Waals surface area (Å²) in [4.78, 5) is 4.53. The number of hydrogen-bond donors (Lipinski definition) is 0. The predicted octanol–water partition coefficient (Wildman–Crippen LogP) is 2.93. The summed E-state index contributed by atoms with van der Waals surface area (Å²) in [6, 6.07) is 0. The van der Waals surface area contributed by atoms with Gasteiger partial charge < -0.3 is 0 Å². The molecular formula is C12H17N3. The molecule has 2 atom stereocenters. The van der Waals surface area contributed by atoms with Crippen LogP contribution in [0.2, 0.25) is 0 Å². The molecule has 1 aliphatic carbocycles. The van der Waals surface area contributed by atoms with Crippen molar-refractivity contribution >= 4 is 11.3 Å². The van der Waals surface area contributed by atoms with E-state index in [2.05, 4.69) is 30.2 Å². The summed E-state index contributed by atoms with van der Waals surface area (Å²) in [5.74, 6) is 3.06. The molecule has 1 aliphatic rings. The molecule has 3 nitrogen and oxygen atoms in total. The molecule has 0 spiro atoms. The molecule has 0 saturated heterocycles. The summed E-state index contributed by atoms with van der Waals surface area (Å²) >= 11 is 0. The zero-order valence-corrected chi connectivity index (χ0v) is 9.62. The van der Waals surface area contributed by atoms with Gasteiger partial charge in [0.1, 0.15) is 0 Å². The first-order valence-corrected chi connectivity index (χ1v) is 5.29. The van der Waals surface area contributed by atoms with E-state index in [1.165, 1.54) is 6.42 Å². The summed E-state index contributed by atoms with van der Waals surface area (Å²) < 4.78 is 1.79. The molecule has 0 aliphatic heterocycles. The smallest absolute Gasteiger partial charge is 0.158 e. The molecule has 0 radical (unpaired) electrons. The van der Waals surface area contributed by atoms with Gasteiger partial charge in [0, 0.05) is 11.6 Å². The Morgan fingerprint density at radius 3 is 2.33 bits per heavy atom. The Morgan fingerprint density at radius 1 is 1.40 bits per heavy atom. The second-order valence-electron chi connectivity index (χ2n) is 4.54. The number of hydrogen-bond acceptors (Lipinski definition) is 2. The van der Waals surface area contributed by atoms with Crippen molar-refractivity contribution in [3.05, 3.63) is 24.8 Å². The van der Waals surface area contributed by atoms with E-state index in [4.69, 9.17) is 0 Å². The molecule has 2 unspecified atom stereocenters. The molecular weight excluding hydrogens is 186 g/mol. The second-order valence-corrected chi connectivity index (χ2v) is 4.54. The third-order valence-corrected chi connectivity index (χ3v) is 2.81. The summed E-state index contributed by atoms with van der Waals surface area (Å²) in [5, 5.41) is 4.49. The zero-order chi connectivity index (χ0) is 11.2. The average Bonchev–Trinajstić information content (AvgIpc) is 2.72. The molecule has 15 heavy (non-hydrogen) atoms. The van der Waals surface area contributed by atoms with Crippen LogP contribution >= 0.6 is 0 Å². The minimum atomic E-state index is 0.545. The monoisotopic (exact) mass is 203 g/mol. The predicted molar refractivity (Wildman–Crippen MR) is 62.3 cm³/mol. The van der Waals surface area contributed by atoms with Gasteiger partial charge in [0.15, 0.2) is 11.6 Å². The average molecular weight is 203 g/mol. The van der Waals surface area contributed by atoms with Crippen LogP contribution in [0.15, 0.2) is 13.2 Å². The lowest BCUT2D eigenvalue weighted by Crippen LogP contribution is -1.99. The van der Waals surface area contributed by atoms with Crippen LogP contribution < -0.4 is 0 Å². The summed E-state index contributed by atoms with van der Waals surface area (Å²) in [6.07, 6.45) is 1.20. The lowest BCUT2D eigenvalue weighted by molar-refractivity contribution is 0.809. The SMILES string of the molecule is C=C(C)c1nc(C2CC2C)nn1C(=C)C. The molecule has 0 aromatic carbocycles. The van der Waals surface area contributed by atoms with Crippen LogP contribution in [0.1, 0.15) is 44.8 Å². The van der Waals surface area contributed by atoms with Crippen molar-refractivity contribution in [3.63, 3.8) is 0 Å². The maximum absolute atomic E-state index is 4.53. The minimum absolute atomic E-state index is 0.545. The maximum Gasteiger partial charge on any atom is 0.158 e. The Labute approximate surface area is 90.5 Å². The molecule has 80 valence electrons. The second kappa shape index (κ2) is 3.33. The molecule has 3 heteroatoms. The van der Waals surface area contributed by atoms with Crippen molar-refractivity contribution in [3.8, 4) is 0 Å². The maximum atomic E-state index is 4.53.